The van der Waals surface area contributed by atoms with Crippen molar-refractivity contribution in [2.75, 3.05) is 54.6 Å². The lowest BCUT2D eigenvalue weighted by Crippen LogP contribution is -2.37. The maximum absolute atomic E-state index is 12.0. The lowest BCUT2D eigenvalue weighted by Gasteiger charge is -2.27. The molecule has 0 saturated heterocycles. The molecule has 3 atom stereocenters. The highest BCUT2D eigenvalue weighted by molar-refractivity contribution is 7.59. The third-order valence-corrected chi connectivity index (χ3v) is 6.28. The van der Waals surface area contributed by atoms with Crippen LogP contribution in [0.15, 0.2) is 0 Å². The van der Waals surface area contributed by atoms with Crippen LogP contribution in [0, 0.1) is 11.3 Å². The van der Waals surface area contributed by atoms with E-state index in [9.17, 15) is 9.90 Å². The van der Waals surface area contributed by atoms with Gasteiger partial charge in [0, 0.05) is 13.5 Å². The van der Waals surface area contributed by atoms with Gasteiger partial charge in [-0.3, -0.25) is 4.79 Å². The van der Waals surface area contributed by atoms with Crippen LogP contribution in [0.1, 0.15) is 47.0 Å². The summed E-state index contributed by atoms with van der Waals surface area (Å²) >= 11 is 0. The zero-order valence-electron chi connectivity index (χ0n) is 19.2. The van der Waals surface area contributed by atoms with Gasteiger partial charge in [0.05, 0.1) is 27.7 Å². The van der Waals surface area contributed by atoms with E-state index in [4.69, 9.17) is 18.3 Å². The van der Waals surface area contributed by atoms with Crippen LogP contribution in [0.3, 0.4) is 0 Å². The zero-order valence-corrected chi connectivity index (χ0v) is 20.1. The minimum absolute atomic E-state index is 0.0683. The predicted octanol–water partition coefficient (Wildman–Crippen LogP) is 3.32. The standard InChI is InChI=1S/C20H43NO6P/c1-10-20(3,4)14-17(2)13-19(23)25-15-18(22)16-27-28(9,24-8)26-12-11-21(5,6)7/h17-18,22H,9-16H2,1-8H3/q+1. The number of nitrogens with zero attached hydrogens (tertiary/aromatic N) is 1. The molecule has 7 nitrogen and oxygen atoms in total. The normalized spacial score (nSPS) is 17.0. The van der Waals surface area contributed by atoms with Gasteiger partial charge in [-0.1, -0.05) is 34.1 Å². The summed E-state index contributed by atoms with van der Waals surface area (Å²) in [6.07, 6.45) is 5.28. The van der Waals surface area contributed by atoms with Gasteiger partial charge in [-0.25, -0.2) is 0 Å². The molecule has 1 N–H and O–H groups in total. The Hall–Kier alpha value is -0.430. The van der Waals surface area contributed by atoms with Gasteiger partial charge in [0.1, 0.15) is 25.9 Å². The molecule has 0 aliphatic carbocycles. The van der Waals surface area contributed by atoms with Gasteiger partial charge < -0.3 is 27.9 Å². The lowest BCUT2D eigenvalue weighted by molar-refractivity contribution is -0.870. The number of hydrogen-bond acceptors (Lipinski definition) is 6. The second-order valence-electron chi connectivity index (χ2n) is 9.30. The molecule has 0 aliphatic rings. The second-order valence-corrected chi connectivity index (χ2v) is 11.4. The van der Waals surface area contributed by atoms with Gasteiger partial charge in [-0.15, -0.1) is 0 Å². The number of esters is 1. The van der Waals surface area contributed by atoms with Gasteiger partial charge in [0.2, 0.25) is 0 Å². The van der Waals surface area contributed by atoms with Crippen molar-refractivity contribution >= 4 is 19.8 Å². The van der Waals surface area contributed by atoms with Gasteiger partial charge >= 0.3 is 5.97 Å². The van der Waals surface area contributed by atoms with Crippen LogP contribution in [0.4, 0.5) is 0 Å². The average Bonchev–Trinajstić information content (AvgIpc) is 2.56. The SMILES string of the molecule is C=P(OC)(OCC[N+](C)(C)C)OCC(O)COC(=O)CC(C)CC(C)(C)CC. The lowest BCUT2D eigenvalue weighted by atomic mass is 9.80. The van der Waals surface area contributed by atoms with E-state index in [2.05, 4.69) is 48.2 Å². The smallest absolute Gasteiger partial charge is 0.306 e. The van der Waals surface area contributed by atoms with E-state index in [1.807, 2.05) is 6.92 Å². The largest absolute Gasteiger partial charge is 0.463 e. The number of carbonyl (C=O) groups excluding carboxylic acids is 1. The zero-order chi connectivity index (χ0) is 22.0. The summed E-state index contributed by atoms with van der Waals surface area (Å²) in [6.45, 7) is 9.62. The third kappa shape index (κ3) is 13.7. The number of aliphatic hydroxyl groups is 1. The molecule has 0 heterocycles. The first kappa shape index (κ1) is 27.6. The van der Waals surface area contributed by atoms with Gasteiger partial charge in [-0.2, -0.15) is 0 Å². The van der Waals surface area contributed by atoms with E-state index in [0.717, 1.165) is 23.9 Å². The monoisotopic (exact) mass is 424 g/mol. The molecule has 0 aromatic rings. The summed E-state index contributed by atoms with van der Waals surface area (Å²) in [5, 5.41) is 10.0. The van der Waals surface area contributed by atoms with E-state index in [0.29, 0.717) is 13.0 Å². The van der Waals surface area contributed by atoms with Crippen molar-refractivity contribution < 1.29 is 32.7 Å². The summed E-state index contributed by atoms with van der Waals surface area (Å²) in [6, 6.07) is 0. The van der Waals surface area contributed by atoms with E-state index in [1.54, 1.807) is 0 Å². The van der Waals surface area contributed by atoms with Crippen LogP contribution in [0.5, 0.6) is 0 Å². The summed E-state index contributed by atoms with van der Waals surface area (Å²) < 4.78 is 22.4. The molecule has 0 spiro atoms. The number of quaternary nitrogens is 1. The van der Waals surface area contributed by atoms with Crippen molar-refractivity contribution in [2.24, 2.45) is 11.3 Å². The van der Waals surface area contributed by atoms with Crippen molar-refractivity contribution in [1.29, 1.82) is 0 Å². The Labute approximate surface area is 172 Å². The maximum atomic E-state index is 12.0. The fourth-order valence-electron chi connectivity index (χ4n) is 2.54. The maximum Gasteiger partial charge on any atom is 0.306 e. The molecule has 0 amide bonds. The van der Waals surface area contributed by atoms with E-state index in [1.165, 1.54) is 7.11 Å². The van der Waals surface area contributed by atoms with Crippen molar-refractivity contribution in [1.82, 2.24) is 0 Å². The summed E-state index contributed by atoms with van der Waals surface area (Å²) in [7, 11) is 4.90. The van der Waals surface area contributed by atoms with Crippen molar-refractivity contribution in [3.8, 4) is 0 Å². The van der Waals surface area contributed by atoms with Crippen molar-refractivity contribution in [3.63, 3.8) is 0 Å². The Kier molecular flexibility index (Phi) is 12.1. The molecule has 0 saturated carbocycles. The molecular formula is C20H43NO6P+. The van der Waals surface area contributed by atoms with E-state index >= 15 is 0 Å². The van der Waals surface area contributed by atoms with E-state index < -0.39 is 13.7 Å². The second kappa shape index (κ2) is 12.3. The number of likely N-dealkylation sites (N-methyl/N-ethyl adjacent to an activating group) is 1. The number of hydrogen-bond donors (Lipinski definition) is 1. The van der Waals surface area contributed by atoms with Gasteiger partial charge in [0.15, 0.2) is 0 Å². The minimum Gasteiger partial charge on any atom is -0.463 e. The predicted molar refractivity (Wildman–Crippen MR) is 115 cm³/mol. The number of carbonyl (C=O) groups is 1. The first-order valence-electron chi connectivity index (χ1n) is 9.94. The molecule has 0 bridgehead atoms. The highest BCUT2D eigenvalue weighted by Gasteiger charge is 2.23. The van der Waals surface area contributed by atoms with E-state index in [-0.39, 0.29) is 30.5 Å². The molecule has 0 aliphatic heterocycles. The van der Waals surface area contributed by atoms with Crippen LogP contribution >= 0.6 is 7.57 Å². The molecule has 8 heteroatoms. The fraction of sp³-hybridized carbons (Fsp3) is 0.900. The Morgan fingerprint density at radius 1 is 1.21 bits per heavy atom. The van der Waals surface area contributed by atoms with Gasteiger partial charge in [0.25, 0.3) is 7.57 Å². The molecule has 0 radical (unpaired) electrons. The van der Waals surface area contributed by atoms with Crippen LogP contribution in [-0.4, -0.2) is 82.6 Å². The molecule has 0 aromatic heterocycles. The molecule has 3 unspecified atom stereocenters. The first-order chi connectivity index (χ1) is 12.7. The summed E-state index contributed by atoms with van der Waals surface area (Å²) in [5.41, 5.74) is 0.209. The highest BCUT2D eigenvalue weighted by atomic mass is 31.2. The average molecular weight is 425 g/mol. The number of aliphatic hydroxyl groups excluding tert-OH is 1. The molecule has 28 heavy (non-hydrogen) atoms. The summed E-state index contributed by atoms with van der Waals surface area (Å²) in [5.74, 6) is -0.0718. The third-order valence-electron chi connectivity index (χ3n) is 4.60. The summed E-state index contributed by atoms with van der Waals surface area (Å²) in [4.78, 5) is 12.0. The van der Waals surface area contributed by atoms with Crippen molar-refractivity contribution in [2.45, 2.75) is 53.1 Å². The fourth-order valence-corrected chi connectivity index (χ4v) is 3.58. The van der Waals surface area contributed by atoms with Gasteiger partial charge in [-0.05, 0) is 24.1 Å². The Morgan fingerprint density at radius 3 is 2.32 bits per heavy atom. The van der Waals surface area contributed by atoms with Crippen molar-refractivity contribution in [3.05, 3.63) is 0 Å². The molecule has 0 aromatic carbocycles. The van der Waals surface area contributed by atoms with Crippen LogP contribution in [-0.2, 0) is 23.1 Å². The Balaban J connectivity index is 4.23. The topological polar surface area (TPSA) is 74.2 Å². The van der Waals surface area contributed by atoms with Crippen LogP contribution in [0.2, 0.25) is 0 Å². The Morgan fingerprint density at radius 2 is 1.82 bits per heavy atom. The van der Waals surface area contributed by atoms with Crippen LogP contribution < -0.4 is 0 Å². The molecule has 168 valence electrons. The molecule has 0 fully saturated rings. The quantitative estimate of drug-likeness (QED) is 0.247. The highest BCUT2D eigenvalue weighted by Crippen LogP contribution is 2.47. The number of ether oxygens (including phenoxy) is 1. The molecule has 0 rings (SSSR count). The minimum atomic E-state index is -2.75. The Bertz CT molecular complexity index is 503. The van der Waals surface area contributed by atoms with Crippen LogP contribution in [0.25, 0.3) is 0 Å². The number of rotatable bonds is 15. The molecular weight excluding hydrogens is 381 g/mol. The first-order valence-corrected chi connectivity index (χ1v) is 11.7.